The number of nitrogens with zero attached hydrogens (tertiary/aromatic N) is 2. The summed E-state index contributed by atoms with van der Waals surface area (Å²) < 4.78 is 66.9. The number of fused-ring (bicyclic) bond motifs is 1. The van der Waals surface area contributed by atoms with Crippen molar-refractivity contribution in [1.29, 1.82) is 0 Å². The number of alkyl halides is 5. The number of imidazole rings is 1. The molecule has 0 atom stereocenters. The second-order valence-corrected chi connectivity index (χ2v) is 6.74. The van der Waals surface area contributed by atoms with Crippen LogP contribution in [-0.4, -0.2) is 33.7 Å². The summed E-state index contributed by atoms with van der Waals surface area (Å²) in [5.74, 6) is -4.62. The molecular formula is C17H14F5N3OS. The minimum absolute atomic E-state index is 0.145. The first-order valence-electron chi connectivity index (χ1n) is 7.76. The van der Waals surface area contributed by atoms with Gasteiger partial charge in [0.25, 0.3) is 0 Å². The van der Waals surface area contributed by atoms with Crippen molar-refractivity contribution >= 4 is 22.8 Å². The van der Waals surface area contributed by atoms with Gasteiger partial charge in [-0.25, -0.2) is 4.98 Å². The summed E-state index contributed by atoms with van der Waals surface area (Å²) in [5.41, 5.74) is 3.00. The van der Waals surface area contributed by atoms with Crippen LogP contribution in [0.1, 0.15) is 11.3 Å². The molecule has 3 aromatic rings. The van der Waals surface area contributed by atoms with Gasteiger partial charge in [0.05, 0.1) is 22.9 Å². The van der Waals surface area contributed by atoms with E-state index in [1.54, 1.807) is 6.92 Å². The molecule has 1 N–H and O–H groups in total. The largest absolute Gasteiger partial charge is 0.485 e. The van der Waals surface area contributed by atoms with Gasteiger partial charge in [0.15, 0.2) is 11.8 Å². The van der Waals surface area contributed by atoms with Crippen molar-refractivity contribution in [2.24, 2.45) is 0 Å². The highest BCUT2D eigenvalue weighted by Gasteiger charge is 2.58. The fourth-order valence-electron chi connectivity index (χ4n) is 2.20. The van der Waals surface area contributed by atoms with E-state index >= 15 is 0 Å². The Labute approximate surface area is 155 Å². The fraction of sp³-hybridized carbons (Fsp3) is 0.294. The zero-order valence-corrected chi connectivity index (χ0v) is 14.8. The molecule has 144 valence electrons. The molecule has 0 unspecified atom stereocenters. The molecule has 0 aliphatic rings. The van der Waals surface area contributed by atoms with Gasteiger partial charge in [-0.15, -0.1) is 0 Å². The molecule has 0 spiro atoms. The van der Waals surface area contributed by atoms with Crippen LogP contribution in [0.15, 0.2) is 41.7 Å². The summed E-state index contributed by atoms with van der Waals surface area (Å²) in [6.07, 6.45) is -4.52. The Morgan fingerprint density at radius 2 is 1.89 bits per heavy atom. The number of benzene rings is 1. The summed E-state index contributed by atoms with van der Waals surface area (Å²) in [4.78, 5) is 11.7. The van der Waals surface area contributed by atoms with Crippen molar-refractivity contribution in [3.63, 3.8) is 0 Å². The molecule has 0 amide bonds. The number of nitrogens with one attached hydrogen (secondary N) is 1. The van der Waals surface area contributed by atoms with E-state index in [9.17, 15) is 22.0 Å². The Kier molecular flexibility index (Phi) is 5.27. The maximum Gasteiger partial charge on any atom is 0.456 e. The van der Waals surface area contributed by atoms with E-state index in [1.165, 1.54) is 17.8 Å². The number of aromatic amines is 1. The normalized spacial score (nSPS) is 12.5. The number of halogens is 5. The van der Waals surface area contributed by atoms with Gasteiger partial charge < -0.3 is 9.72 Å². The SMILES string of the molecule is Cc1cc(OCC(F)(F)C(F)(F)F)cnc1CSc1nc2ccccc2[nH]1. The van der Waals surface area contributed by atoms with Crippen LogP contribution in [0, 0.1) is 6.92 Å². The lowest BCUT2D eigenvalue weighted by Gasteiger charge is -2.19. The zero-order chi connectivity index (χ0) is 19.7. The number of hydrogen-bond donors (Lipinski definition) is 1. The summed E-state index contributed by atoms with van der Waals surface area (Å²) in [7, 11) is 0. The summed E-state index contributed by atoms with van der Waals surface area (Å²) >= 11 is 1.40. The minimum Gasteiger partial charge on any atom is -0.485 e. The fourth-order valence-corrected chi connectivity index (χ4v) is 3.12. The first-order valence-corrected chi connectivity index (χ1v) is 8.75. The van der Waals surface area contributed by atoms with Crippen molar-refractivity contribution in [2.45, 2.75) is 29.9 Å². The third kappa shape index (κ3) is 4.49. The molecule has 0 aliphatic carbocycles. The van der Waals surface area contributed by atoms with Gasteiger partial charge in [-0.05, 0) is 30.7 Å². The number of ether oxygens (including phenoxy) is 1. The molecule has 1 aromatic carbocycles. The predicted octanol–water partition coefficient (Wildman–Crippen LogP) is 5.14. The predicted molar refractivity (Wildman–Crippen MR) is 91.1 cm³/mol. The topological polar surface area (TPSA) is 50.8 Å². The number of aromatic nitrogens is 3. The third-order valence-electron chi connectivity index (χ3n) is 3.71. The Hall–Kier alpha value is -2.36. The Morgan fingerprint density at radius 1 is 1.15 bits per heavy atom. The van der Waals surface area contributed by atoms with E-state index in [2.05, 4.69) is 19.7 Å². The van der Waals surface area contributed by atoms with Crippen LogP contribution in [0.4, 0.5) is 22.0 Å². The van der Waals surface area contributed by atoms with Crippen molar-refractivity contribution in [3.05, 3.63) is 47.8 Å². The first kappa shape index (κ1) is 19.4. The summed E-state index contributed by atoms with van der Waals surface area (Å²) in [6, 6.07) is 8.93. The van der Waals surface area contributed by atoms with E-state index < -0.39 is 18.7 Å². The van der Waals surface area contributed by atoms with E-state index in [0.717, 1.165) is 17.2 Å². The van der Waals surface area contributed by atoms with E-state index in [1.807, 2.05) is 24.3 Å². The monoisotopic (exact) mass is 403 g/mol. The molecule has 4 nitrogen and oxygen atoms in total. The van der Waals surface area contributed by atoms with Gasteiger partial charge in [-0.3, -0.25) is 4.98 Å². The van der Waals surface area contributed by atoms with Crippen LogP contribution >= 0.6 is 11.8 Å². The molecule has 0 radical (unpaired) electrons. The molecule has 10 heteroatoms. The maximum absolute atomic E-state index is 12.9. The van der Waals surface area contributed by atoms with Gasteiger partial charge in [0.2, 0.25) is 0 Å². The molecule has 0 bridgehead atoms. The molecule has 0 aliphatic heterocycles. The lowest BCUT2D eigenvalue weighted by molar-refractivity contribution is -0.290. The lowest BCUT2D eigenvalue weighted by atomic mass is 10.2. The maximum atomic E-state index is 12.9. The minimum atomic E-state index is -5.65. The second-order valence-electron chi connectivity index (χ2n) is 5.77. The van der Waals surface area contributed by atoms with Gasteiger partial charge >= 0.3 is 12.1 Å². The van der Waals surface area contributed by atoms with Gasteiger partial charge in [-0.1, -0.05) is 23.9 Å². The Balaban J connectivity index is 1.62. The van der Waals surface area contributed by atoms with Crippen LogP contribution < -0.4 is 4.74 Å². The van der Waals surface area contributed by atoms with E-state index in [4.69, 9.17) is 0 Å². The Bertz CT molecular complexity index is 909. The molecule has 0 fully saturated rings. The molecule has 0 saturated carbocycles. The number of thioether (sulfide) groups is 1. The van der Waals surface area contributed by atoms with Gasteiger partial charge in [0, 0.05) is 5.75 Å². The van der Waals surface area contributed by atoms with Crippen LogP contribution in [0.3, 0.4) is 0 Å². The molecule has 2 aromatic heterocycles. The summed E-state index contributed by atoms with van der Waals surface area (Å²) in [5, 5.41) is 0.697. The van der Waals surface area contributed by atoms with Crippen molar-refractivity contribution in [2.75, 3.05) is 6.61 Å². The van der Waals surface area contributed by atoms with Gasteiger partial charge in [0.1, 0.15) is 5.75 Å². The molecule has 0 saturated heterocycles. The highest BCUT2D eigenvalue weighted by Crippen LogP contribution is 2.36. The summed E-state index contributed by atoms with van der Waals surface area (Å²) in [6.45, 7) is -0.110. The van der Waals surface area contributed by atoms with Crippen LogP contribution in [0.2, 0.25) is 0 Å². The average molecular weight is 403 g/mol. The standard InChI is InChI=1S/C17H14F5N3OS/c1-10-6-11(26-9-16(18,19)17(20,21)22)7-23-14(10)8-27-15-24-12-4-2-3-5-13(12)25-15/h2-7H,8-9H2,1H3,(H,24,25). The number of rotatable bonds is 6. The van der Waals surface area contributed by atoms with E-state index in [-0.39, 0.29) is 5.75 Å². The van der Waals surface area contributed by atoms with Crippen LogP contribution in [0.5, 0.6) is 5.75 Å². The first-order chi connectivity index (χ1) is 12.7. The number of pyridine rings is 1. The van der Waals surface area contributed by atoms with Crippen molar-refractivity contribution in [3.8, 4) is 5.75 Å². The zero-order valence-electron chi connectivity index (χ0n) is 14.0. The number of hydrogen-bond acceptors (Lipinski definition) is 4. The van der Waals surface area contributed by atoms with Crippen LogP contribution in [-0.2, 0) is 5.75 Å². The molecular weight excluding hydrogens is 389 g/mol. The number of aryl methyl sites for hydroxylation is 1. The van der Waals surface area contributed by atoms with E-state index in [0.29, 0.717) is 22.2 Å². The average Bonchev–Trinajstić information content (AvgIpc) is 3.01. The quantitative estimate of drug-likeness (QED) is 0.458. The van der Waals surface area contributed by atoms with Gasteiger partial charge in [-0.2, -0.15) is 22.0 Å². The van der Waals surface area contributed by atoms with Crippen molar-refractivity contribution < 1.29 is 26.7 Å². The van der Waals surface area contributed by atoms with Crippen LogP contribution in [0.25, 0.3) is 11.0 Å². The third-order valence-corrected chi connectivity index (χ3v) is 4.59. The molecule has 2 heterocycles. The molecule has 27 heavy (non-hydrogen) atoms. The number of H-pyrrole nitrogens is 1. The lowest BCUT2D eigenvalue weighted by Crippen LogP contribution is -2.41. The number of para-hydroxylation sites is 2. The highest BCUT2D eigenvalue weighted by molar-refractivity contribution is 7.98. The highest BCUT2D eigenvalue weighted by atomic mass is 32.2. The molecule has 3 rings (SSSR count). The Morgan fingerprint density at radius 3 is 2.56 bits per heavy atom. The second kappa shape index (κ2) is 7.34. The smallest absolute Gasteiger partial charge is 0.456 e. The van der Waals surface area contributed by atoms with Crippen molar-refractivity contribution in [1.82, 2.24) is 15.0 Å².